The number of nitrogens with zero attached hydrogens (tertiary/aromatic N) is 2. The fourth-order valence-electron chi connectivity index (χ4n) is 2.72. The van der Waals surface area contributed by atoms with E-state index in [1.54, 1.807) is 0 Å². The van der Waals surface area contributed by atoms with E-state index in [2.05, 4.69) is 23.8 Å². The van der Waals surface area contributed by atoms with Gasteiger partial charge in [0.2, 0.25) is 0 Å². The molecule has 21 heavy (non-hydrogen) atoms. The lowest BCUT2D eigenvalue weighted by Gasteiger charge is -2.15. The topological polar surface area (TPSA) is 32.8 Å². The van der Waals surface area contributed by atoms with Gasteiger partial charge >= 0.3 is 5.97 Å². The Morgan fingerprint density at radius 1 is 0.952 bits per heavy atom. The van der Waals surface area contributed by atoms with E-state index in [1.807, 2.05) is 0 Å². The molecule has 0 aliphatic carbocycles. The minimum absolute atomic E-state index is 0.0347. The van der Waals surface area contributed by atoms with Crippen molar-refractivity contribution in [3.63, 3.8) is 0 Å². The van der Waals surface area contributed by atoms with Gasteiger partial charge < -0.3 is 4.74 Å². The van der Waals surface area contributed by atoms with E-state index >= 15 is 0 Å². The maximum atomic E-state index is 11.6. The summed E-state index contributed by atoms with van der Waals surface area (Å²) in [5.74, 6) is -0.0347. The van der Waals surface area contributed by atoms with Crippen LogP contribution in [-0.2, 0) is 9.53 Å². The van der Waals surface area contributed by atoms with Crippen LogP contribution in [0.2, 0.25) is 0 Å². The average Bonchev–Trinajstić information content (AvgIpc) is 2.89. The molecule has 1 heterocycles. The summed E-state index contributed by atoms with van der Waals surface area (Å²) in [7, 11) is 2.09. The number of rotatable bonds is 12. The standard InChI is InChI=1S/C17H34N2O2/c1-3-4-5-6-7-8-9-10-11-12-17(20)21-16-19-14-13-18(2)15-19/h3-16H2,1-2H3. The minimum Gasteiger partial charge on any atom is -0.449 e. The summed E-state index contributed by atoms with van der Waals surface area (Å²) < 4.78 is 5.31. The molecule has 124 valence electrons. The van der Waals surface area contributed by atoms with E-state index in [-0.39, 0.29) is 5.97 Å². The van der Waals surface area contributed by atoms with E-state index < -0.39 is 0 Å². The second-order valence-corrected chi connectivity index (χ2v) is 6.34. The number of esters is 1. The molecule has 0 spiro atoms. The van der Waals surface area contributed by atoms with E-state index in [4.69, 9.17) is 4.74 Å². The van der Waals surface area contributed by atoms with Crippen molar-refractivity contribution in [3.05, 3.63) is 0 Å². The first kappa shape index (κ1) is 18.4. The molecule has 0 amide bonds. The summed E-state index contributed by atoms with van der Waals surface area (Å²) >= 11 is 0. The lowest BCUT2D eigenvalue weighted by Crippen LogP contribution is -2.27. The fraction of sp³-hybridized carbons (Fsp3) is 0.941. The normalized spacial score (nSPS) is 16.5. The van der Waals surface area contributed by atoms with Gasteiger partial charge in [-0.1, -0.05) is 58.3 Å². The van der Waals surface area contributed by atoms with Gasteiger partial charge in [0.1, 0.15) is 6.73 Å². The maximum absolute atomic E-state index is 11.6. The Bertz CT molecular complexity index is 272. The highest BCUT2D eigenvalue weighted by atomic mass is 16.5. The highest BCUT2D eigenvalue weighted by molar-refractivity contribution is 5.69. The van der Waals surface area contributed by atoms with Crippen LogP contribution in [-0.4, -0.2) is 49.3 Å². The van der Waals surface area contributed by atoms with Gasteiger partial charge in [0, 0.05) is 19.5 Å². The molecular formula is C17H34N2O2. The molecule has 0 unspecified atom stereocenters. The summed E-state index contributed by atoms with van der Waals surface area (Å²) in [5.41, 5.74) is 0. The van der Waals surface area contributed by atoms with E-state index in [0.29, 0.717) is 13.2 Å². The largest absolute Gasteiger partial charge is 0.449 e. The van der Waals surface area contributed by atoms with Crippen LogP contribution in [0.5, 0.6) is 0 Å². The molecular weight excluding hydrogens is 264 g/mol. The zero-order valence-corrected chi connectivity index (χ0v) is 14.1. The van der Waals surface area contributed by atoms with E-state index in [0.717, 1.165) is 32.6 Å². The zero-order valence-electron chi connectivity index (χ0n) is 14.1. The van der Waals surface area contributed by atoms with Crippen LogP contribution in [0.1, 0.15) is 71.1 Å². The number of carbonyl (C=O) groups is 1. The third-order valence-corrected chi connectivity index (χ3v) is 4.13. The number of carbonyl (C=O) groups excluding carboxylic acids is 1. The SMILES string of the molecule is CCCCCCCCCCCC(=O)OCN1CCN(C)C1. The predicted octanol–water partition coefficient (Wildman–Crippen LogP) is 3.61. The van der Waals surface area contributed by atoms with Crippen molar-refractivity contribution in [1.82, 2.24) is 9.80 Å². The number of likely N-dealkylation sites (N-methyl/N-ethyl adjacent to an activating group) is 1. The molecule has 1 aliphatic heterocycles. The Labute approximate surface area is 130 Å². The molecule has 0 bridgehead atoms. The Morgan fingerprint density at radius 2 is 1.57 bits per heavy atom. The summed E-state index contributed by atoms with van der Waals surface area (Å²) in [6, 6.07) is 0. The third-order valence-electron chi connectivity index (χ3n) is 4.13. The van der Waals surface area contributed by atoms with Crippen molar-refractivity contribution < 1.29 is 9.53 Å². The van der Waals surface area contributed by atoms with Crippen LogP contribution in [0.3, 0.4) is 0 Å². The zero-order chi connectivity index (χ0) is 15.3. The number of hydrogen-bond acceptors (Lipinski definition) is 4. The van der Waals surface area contributed by atoms with Crippen LogP contribution in [0.4, 0.5) is 0 Å². The highest BCUT2D eigenvalue weighted by Gasteiger charge is 2.17. The summed E-state index contributed by atoms with van der Waals surface area (Å²) in [6.45, 7) is 5.69. The van der Waals surface area contributed by atoms with Crippen LogP contribution in [0, 0.1) is 0 Å². The van der Waals surface area contributed by atoms with E-state index in [1.165, 1.54) is 44.9 Å². The molecule has 1 rings (SSSR count). The molecule has 4 nitrogen and oxygen atoms in total. The molecule has 1 saturated heterocycles. The second-order valence-electron chi connectivity index (χ2n) is 6.34. The number of hydrogen-bond donors (Lipinski definition) is 0. The molecule has 0 aromatic heterocycles. The molecule has 1 aliphatic rings. The van der Waals surface area contributed by atoms with Crippen LogP contribution < -0.4 is 0 Å². The van der Waals surface area contributed by atoms with Gasteiger partial charge in [-0.2, -0.15) is 0 Å². The Kier molecular flexibility index (Phi) is 10.5. The lowest BCUT2D eigenvalue weighted by molar-refractivity contribution is -0.148. The maximum Gasteiger partial charge on any atom is 0.307 e. The monoisotopic (exact) mass is 298 g/mol. The van der Waals surface area contributed by atoms with Gasteiger partial charge in [0.15, 0.2) is 0 Å². The Morgan fingerprint density at radius 3 is 2.14 bits per heavy atom. The molecule has 0 radical (unpaired) electrons. The van der Waals surface area contributed by atoms with Gasteiger partial charge in [-0.3, -0.25) is 14.6 Å². The smallest absolute Gasteiger partial charge is 0.307 e. The Balaban J connectivity index is 1.83. The second kappa shape index (κ2) is 12.0. The van der Waals surface area contributed by atoms with Crippen molar-refractivity contribution in [2.24, 2.45) is 0 Å². The molecule has 0 atom stereocenters. The number of unbranched alkanes of at least 4 members (excludes halogenated alkanes) is 8. The summed E-state index contributed by atoms with van der Waals surface area (Å²) in [4.78, 5) is 16.0. The predicted molar refractivity (Wildman–Crippen MR) is 87.0 cm³/mol. The van der Waals surface area contributed by atoms with Crippen molar-refractivity contribution in [1.29, 1.82) is 0 Å². The molecule has 0 N–H and O–H groups in total. The average molecular weight is 298 g/mol. The van der Waals surface area contributed by atoms with Crippen molar-refractivity contribution in [2.45, 2.75) is 71.1 Å². The highest BCUT2D eigenvalue weighted by Crippen LogP contribution is 2.11. The molecule has 4 heteroatoms. The molecule has 0 saturated carbocycles. The number of ether oxygens (including phenoxy) is 1. The van der Waals surface area contributed by atoms with Crippen LogP contribution >= 0.6 is 0 Å². The molecule has 0 aromatic rings. The molecule has 1 fully saturated rings. The summed E-state index contributed by atoms with van der Waals surface area (Å²) in [6.07, 6.45) is 12.1. The first-order valence-electron chi connectivity index (χ1n) is 8.79. The fourth-order valence-corrected chi connectivity index (χ4v) is 2.72. The van der Waals surface area contributed by atoms with Gasteiger partial charge in [-0.15, -0.1) is 0 Å². The third kappa shape index (κ3) is 9.86. The van der Waals surface area contributed by atoms with Gasteiger partial charge in [0.25, 0.3) is 0 Å². The first-order chi connectivity index (χ1) is 10.2. The molecule has 0 aromatic carbocycles. The van der Waals surface area contributed by atoms with Crippen molar-refractivity contribution in [3.8, 4) is 0 Å². The minimum atomic E-state index is -0.0347. The van der Waals surface area contributed by atoms with Gasteiger partial charge in [-0.05, 0) is 13.5 Å². The first-order valence-corrected chi connectivity index (χ1v) is 8.79. The van der Waals surface area contributed by atoms with Crippen molar-refractivity contribution >= 4 is 5.97 Å². The van der Waals surface area contributed by atoms with Gasteiger partial charge in [-0.25, -0.2) is 0 Å². The van der Waals surface area contributed by atoms with Crippen LogP contribution in [0.25, 0.3) is 0 Å². The summed E-state index contributed by atoms with van der Waals surface area (Å²) in [5, 5.41) is 0. The van der Waals surface area contributed by atoms with Crippen molar-refractivity contribution in [2.75, 3.05) is 33.5 Å². The van der Waals surface area contributed by atoms with E-state index in [9.17, 15) is 4.79 Å². The Hall–Kier alpha value is -0.610. The van der Waals surface area contributed by atoms with Crippen LogP contribution in [0.15, 0.2) is 0 Å². The van der Waals surface area contributed by atoms with Gasteiger partial charge in [0.05, 0.1) is 6.67 Å². The lowest BCUT2D eigenvalue weighted by atomic mass is 10.1. The quantitative estimate of drug-likeness (QED) is 0.407.